The van der Waals surface area contributed by atoms with Gasteiger partial charge in [0.1, 0.15) is 0 Å². The van der Waals surface area contributed by atoms with Crippen molar-refractivity contribution in [1.29, 1.82) is 0 Å². The molecule has 0 bridgehead atoms. The van der Waals surface area contributed by atoms with Crippen LogP contribution in [-0.2, 0) is 0 Å². The van der Waals surface area contributed by atoms with Gasteiger partial charge in [0.15, 0.2) is 0 Å². The average Bonchev–Trinajstić information content (AvgIpc) is 2.41. The molecule has 1 fully saturated rings. The van der Waals surface area contributed by atoms with Crippen LogP contribution in [0.1, 0.15) is 50.6 Å². The molecule has 0 radical (unpaired) electrons. The minimum atomic E-state index is 0.325. The topological polar surface area (TPSA) is 38.0 Å². The van der Waals surface area contributed by atoms with Crippen LogP contribution in [-0.4, -0.2) is 0 Å². The predicted octanol–water partition coefficient (Wildman–Crippen LogP) is 3.41. The van der Waals surface area contributed by atoms with Gasteiger partial charge in [0.25, 0.3) is 0 Å². The van der Waals surface area contributed by atoms with Gasteiger partial charge in [-0.25, -0.2) is 0 Å². The highest BCUT2D eigenvalue weighted by Gasteiger charge is 2.27. The smallest absolute Gasteiger partial charge is 0.0488 e. The van der Waals surface area contributed by atoms with Gasteiger partial charge in [-0.15, -0.1) is 0 Å². The average molecular weight is 232 g/mol. The van der Waals surface area contributed by atoms with E-state index in [1.54, 1.807) is 0 Å². The first-order chi connectivity index (χ1) is 8.35. The Labute approximate surface area is 105 Å². The fourth-order valence-electron chi connectivity index (χ4n) is 3.17. The standard InChI is InChI=1S/C15H24N2/c1-2-12-7-6-10-14(11-12)15(17-16)13-8-4-3-5-9-13/h3-5,8-9,12,14-15,17H,2,6-7,10-11,16H2,1H3. The Bertz CT molecular complexity index is 323. The third kappa shape index (κ3) is 3.08. The molecule has 0 amide bonds. The number of nitrogens with two attached hydrogens (primary N) is 1. The molecule has 1 aliphatic rings. The van der Waals surface area contributed by atoms with Gasteiger partial charge in [0, 0.05) is 6.04 Å². The zero-order chi connectivity index (χ0) is 12.1. The van der Waals surface area contributed by atoms with Gasteiger partial charge in [0.05, 0.1) is 0 Å². The molecule has 17 heavy (non-hydrogen) atoms. The van der Waals surface area contributed by atoms with Crippen molar-refractivity contribution in [2.75, 3.05) is 0 Å². The third-order valence-electron chi connectivity index (χ3n) is 4.21. The first-order valence-electron chi connectivity index (χ1n) is 6.86. The SMILES string of the molecule is CCC1CCCC(C(NN)c2ccccc2)C1. The highest BCUT2D eigenvalue weighted by molar-refractivity contribution is 5.19. The molecule has 2 heteroatoms. The van der Waals surface area contributed by atoms with E-state index in [2.05, 4.69) is 42.7 Å². The molecule has 1 saturated carbocycles. The molecule has 0 aromatic heterocycles. The van der Waals surface area contributed by atoms with Crippen molar-refractivity contribution in [3.8, 4) is 0 Å². The Morgan fingerprint density at radius 2 is 2.06 bits per heavy atom. The van der Waals surface area contributed by atoms with E-state index in [4.69, 9.17) is 5.84 Å². The van der Waals surface area contributed by atoms with Crippen LogP contribution >= 0.6 is 0 Å². The molecule has 0 aliphatic heterocycles. The summed E-state index contributed by atoms with van der Waals surface area (Å²) >= 11 is 0. The largest absolute Gasteiger partial charge is 0.271 e. The van der Waals surface area contributed by atoms with Crippen molar-refractivity contribution in [2.45, 2.75) is 45.1 Å². The molecule has 0 saturated heterocycles. The Balaban J connectivity index is 2.08. The zero-order valence-electron chi connectivity index (χ0n) is 10.7. The summed E-state index contributed by atoms with van der Waals surface area (Å²) in [6.45, 7) is 2.31. The Hall–Kier alpha value is -0.860. The molecule has 2 nitrogen and oxygen atoms in total. The summed E-state index contributed by atoms with van der Waals surface area (Å²) < 4.78 is 0. The molecule has 1 aromatic carbocycles. The number of nitrogens with one attached hydrogen (secondary N) is 1. The number of hydrazine groups is 1. The zero-order valence-corrected chi connectivity index (χ0v) is 10.7. The van der Waals surface area contributed by atoms with E-state index >= 15 is 0 Å². The molecule has 3 unspecified atom stereocenters. The minimum absolute atomic E-state index is 0.325. The van der Waals surface area contributed by atoms with Gasteiger partial charge >= 0.3 is 0 Å². The van der Waals surface area contributed by atoms with Crippen LogP contribution in [0.25, 0.3) is 0 Å². The van der Waals surface area contributed by atoms with Crippen LogP contribution in [0.4, 0.5) is 0 Å². The van der Waals surface area contributed by atoms with E-state index in [0.29, 0.717) is 12.0 Å². The van der Waals surface area contributed by atoms with Gasteiger partial charge < -0.3 is 0 Å². The molecule has 1 aromatic rings. The van der Waals surface area contributed by atoms with Gasteiger partial charge in [-0.3, -0.25) is 11.3 Å². The molecule has 3 atom stereocenters. The number of hydrogen-bond acceptors (Lipinski definition) is 2. The summed E-state index contributed by atoms with van der Waals surface area (Å²) in [5.74, 6) is 7.36. The number of benzene rings is 1. The fraction of sp³-hybridized carbons (Fsp3) is 0.600. The number of rotatable bonds is 4. The van der Waals surface area contributed by atoms with Crippen LogP contribution < -0.4 is 11.3 Å². The van der Waals surface area contributed by atoms with Crippen molar-refractivity contribution in [1.82, 2.24) is 5.43 Å². The van der Waals surface area contributed by atoms with Crippen LogP contribution in [0.5, 0.6) is 0 Å². The van der Waals surface area contributed by atoms with Crippen LogP contribution in [0.3, 0.4) is 0 Å². The lowest BCUT2D eigenvalue weighted by Crippen LogP contribution is -2.35. The summed E-state index contributed by atoms with van der Waals surface area (Å²) in [6.07, 6.45) is 6.69. The highest BCUT2D eigenvalue weighted by atomic mass is 15.2. The normalized spacial score (nSPS) is 26.7. The molecule has 1 aliphatic carbocycles. The number of hydrogen-bond donors (Lipinski definition) is 2. The van der Waals surface area contributed by atoms with Crippen molar-refractivity contribution in [3.63, 3.8) is 0 Å². The third-order valence-corrected chi connectivity index (χ3v) is 4.21. The molecule has 94 valence electrons. The molecule has 0 spiro atoms. The summed E-state index contributed by atoms with van der Waals surface area (Å²) in [6, 6.07) is 10.9. The van der Waals surface area contributed by atoms with E-state index in [-0.39, 0.29) is 0 Å². The lowest BCUT2D eigenvalue weighted by molar-refractivity contribution is 0.210. The van der Waals surface area contributed by atoms with Crippen molar-refractivity contribution < 1.29 is 0 Å². The summed E-state index contributed by atoms with van der Waals surface area (Å²) in [5, 5.41) is 0. The second-order valence-electron chi connectivity index (χ2n) is 5.26. The van der Waals surface area contributed by atoms with Crippen LogP contribution in [0.2, 0.25) is 0 Å². The van der Waals surface area contributed by atoms with E-state index in [9.17, 15) is 0 Å². The van der Waals surface area contributed by atoms with Crippen molar-refractivity contribution >= 4 is 0 Å². The Morgan fingerprint density at radius 1 is 1.29 bits per heavy atom. The molecular formula is C15H24N2. The molecule has 3 N–H and O–H groups in total. The molecule has 2 rings (SSSR count). The Kier molecular flexibility index (Phi) is 4.57. The first kappa shape index (κ1) is 12.6. The van der Waals surface area contributed by atoms with Gasteiger partial charge in [-0.1, -0.05) is 56.5 Å². The summed E-state index contributed by atoms with van der Waals surface area (Å²) in [5.41, 5.74) is 4.36. The summed E-state index contributed by atoms with van der Waals surface area (Å²) in [4.78, 5) is 0. The van der Waals surface area contributed by atoms with Gasteiger partial charge in [0.2, 0.25) is 0 Å². The first-order valence-corrected chi connectivity index (χ1v) is 6.86. The maximum absolute atomic E-state index is 5.77. The lowest BCUT2D eigenvalue weighted by Gasteiger charge is -2.34. The van der Waals surface area contributed by atoms with Crippen LogP contribution in [0, 0.1) is 11.8 Å². The highest BCUT2D eigenvalue weighted by Crippen LogP contribution is 2.37. The minimum Gasteiger partial charge on any atom is -0.271 e. The second-order valence-corrected chi connectivity index (χ2v) is 5.26. The van der Waals surface area contributed by atoms with E-state index < -0.39 is 0 Å². The van der Waals surface area contributed by atoms with E-state index in [1.165, 1.54) is 37.7 Å². The van der Waals surface area contributed by atoms with Crippen molar-refractivity contribution in [2.24, 2.45) is 17.7 Å². The molecular weight excluding hydrogens is 208 g/mol. The van der Waals surface area contributed by atoms with E-state index in [0.717, 1.165) is 5.92 Å². The maximum atomic E-state index is 5.77. The monoisotopic (exact) mass is 232 g/mol. The summed E-state index contributed by atoms with van der Waals surface area (Å²) in [7, 11) is 0. The molecule has 0 heterocycles. The van der Waals surface area contributed by atoms with E-state index in [1.807, 2.05) is 0 Å². The maximum Gasteiger partial charge on any atom is 0.0488 e. The quantitative estimate of drug-likeness (QED) is 0.616. The lowest BCUT2D eigenvalue weighted by atomic mass is 9.75. The predicted molar refractivity (Wildman–Crippen MR) is 72.2 cm³/mol. The fourth-order valence-corrected chi connectivity index (χ4v) is 3.17. The van der Waals surface area contributed by atoms with Crippen LogP contribution in [0.15, 0.2) is 30.3 Å². The van der Waals surface area contributed by atoms with Crippen molar-refractivity contribution in [3.05, 3.63) is 35.9 Å². The Morgan fingerprint density at radius 3 is 2.71 bits per heavy atom. The second kappa shape index (κ2) is 6.18. The van der Waals surface area contributed by atoms with Gasteiger partial charge in [-0.2, -0.15) is 0 Å². The van der Waals surface area contributed by atoms with Gasteiger partial charge in [-0.05, 0) is 30.2 Å².